The largest absolute Gasteiger partial charge is 4.00 e. The van der Waals surface area contributed by atoms with Crippen LogP contribution < -0.4 is 0 Å². The molecule has 0 fully saturated rings. The van der Waals surface area contributed by atoms with E-state index in [1.54, 1.807) is 0 Å². The summed E-state index contributed by atoms with van der Waals surface area (Å²) in [5.41, 5.74) is 0. The zero-order valence-corrected chi connectivity index (χ0v) is 7.50. The molecular weight excluding hydrogens is 140 g/mol. The zero-order chi connectivity index (χ0) is 0. The van der Waals surface area contributed by atoms with Gasteiger partial charge in [-0.25, -0.2) is 0 Å². The van der Waals surface area contributed by atoms with Crippen molar-refractivity contribution in [3.05, 3.63) is 0 Å². The zero-order valence-electron chi connectivity index (χ0n) is 2.50. The van der Waals surface area contributed by atoms with Gasteiger partial charge in [-0.1, -0.05) is 0 Å². The van der Waals surface area contributed by atoms with Crippen molar-refractivity contribution < 1.29 is 0 Å². The molecule has 0 nitrogen and oxygen atoms in total. The summed E-state index contributed by atoms with van der Waals surface area (Å²) in [7, 11) is 0. The summed E-state index contributed by atoms with van der Waals surface area (Å²) < 4.78 is 0. The summed E-state index contributed by atoms with van der Waals surface area (Å²) in [6.07, 6.45) is 0. The van der Waals surface area contributed by atoms with Gasteiger partial charge in [0, 0.05) is 0 Å². The number of hydrogen-bond acceptors (Lipinski definition) is 0. The molecule has 0 saturated heterocycles. The second-order valence-electron chi connectivity index (χ2n) is 0. The minimum atomic E-state index is 0. The molecule has 0 aliphatic carbocycles. The van der Waals surface area contributed by atoms with Crippen LogP contribution in [0.5, 0.6) is 0 Å². The van der Waals surface area contributed by atoms with E-state index in [4.69, 9.17) is 0 Å². The standard InChI is InChI=1S/5Si/q5*+4. The predicted octanol–water partition coefficient (Wildman–Crippen LogP) is -1.90. The summed E-state index contributed by atoms with van der Waals surface area (Å²) in [5.74, 6) is 0. The van der Waals surface area contributed by atoms with Gasteiger partial charge in [-0.15, -0.1) is 0 Å². The molecule has 0 aromatic rings. The van der Waals surface area contributed by atoms with E-state index >= 15 is 0 Å². The van der Waals surface area contributed by atoms with Gasteiger partial charge >= 0.3 is 54.8 Å². The molecule has 0 unspecified atom stereocenters. The second-order valence-corrected chi connectivity index (χ2v) is 0. The summed E-state index contributed by atoms with van der Waals surface area (Å²) in [4.78, 5) is 0. The van der Waals surface area contributed by atoms with E-state index in [0.29, 0.717) is 0 Å². The molecule has 0 saturated carbocycles. The average molecular weight is 140 g/mol. The smallest absolute Gasteiger partial charge is 4.00 e. The van der Waals surface area contributed by atoms with Crippen molar-refractivity contribution in [2.75, 3.05) is 0 Å². The van der Waals surface area contributed by atoms with Gasteiger partial charge in [0.2, 0.25) is 0 Å². The van der Waals surface area contributed by atoms with Crippen molar-refractivity contribution in [1.29, 1.82) is 0 Å². The fraction of sp³-hybridized carbons (Fsp3) is 0. The van der Waals surface area contributed by atoms with Gasteiger partial charge in [0.25, 0.3) is 0 Å². The van der Waals surface area contributed by atoms with Crippen LogP contribution in [0.15, 0.2) is 0 Å². The molecule has 5 heavy (non-hydrogen) atoms. The van der Waals surface area contributed by atoms with Crippen molar-refractivity contribution in [2.24, 2.45) is 0 Å². The molecule has 0 atom stereocenters. The molecule has 0 valence electrons. The van der Waals surface area contributed by atoms with Crippen LogP contribution in [0, 0.1) is 0 Å². The maximum absolute atomic E-state index is 0. The normalized spacial score (nSPS) is 0. The summed E-state index contributed by atoms with van der Waals surface area (Å²) >= 11 is 0. The molecule has 5 heteroatoms. The maximum Gasteiger partial charge on any atom is 4.00 e. The van der Waals surface area contributed by atoms with Crippen LogP contribution in [0.3, 0.4) is 0 Å². The summed E-state index contributed by atoms with van der Waals surface area (Å²) in [5, 5.41) is 0. The molecular formula is Si5+20. The van der Waals surface area contributed by atoms with Gasteiger partial charge in [-0.2, -0.15) is 0 Å². The van der Waals surface area contributed by atoms with Crippen LogP contribution in [0.4, 0.5) is 0 Å². The van der Waals surface area contributed by atoms with Crippen LogP contribution in [0.2, 0.25) is 0 Å². The topological polar surface area (TPSA) is 0 Å². The van der Waals surface area contributed by atoms with Crippen molar-refractivity contribution in [3.8, 4) is 0 Å². The average Bonchev–Trinajstić information content (AvgIpc) is 0. The first-order chi connectivity index (χ1) is 0. The van der Waals surface area contributed by atoms with Gasteiger partial charge in [0.15, 0.2) is 0 Å². The van der Waals surface area contributed by atoms with Crippen LogP contribution in [-0.4, -0.2) is 54.8 Å². The molecule has 0 aromatic carbocycles. The summed E-state index contributed by atoms with van der Waals surface area (Å²) in [6, 6.07) is 0. The Balaban J connectivity index is 0. The van der Waals surface area contributed by atoms with Crippen LogP contribution in [-0.2, 0) is 0 Å². The van der Waals surface area contributed by atoms with E-state index < -0.39 is 0 Å². The molecule has 0 aliphatic rings. The Hall–Kier alpha value is 1.08. The van der Waals surface area contributed by atoms with Crippen molar-refractivity contribution >= 4 is 54.8 Å². The van der Waals surface area contributed by atoms with Crippen LogP contribution >= 0.6 is 0 Å². The van der Waals surface area contributed by atoms with E-state index in [0.717, 1.165) is 0 Å². The van der Waals surface area contributed by atoms with Gasteiger partial charge in [0.1, 0.15) is 0 Å². The van der Waals surface area contributed by atoms with Gasteiger partial charge in [0.05, 0.1) is 0 Å². The maximum atomic E-state index is 0. The fourth-order valence-corrected chi connectivity index (χ4v) is 0. The minimum Gasteiger partial charge on any atom is 4.00 e. The molecule has 0 aromatic heterocycles. The summed E-state index contributed by atoms with van der Waals surface area (Å²) in [6.45, 7) is 0. The molecule has 0 rings (SSSR count). The van der Waals surface area contributed by atoms with Crippen molar-refractivity contribution in [1.82, 2.24) is 0 Å². The molecule has 0 N–H and O–H groups in total. The van der Waals surface area contributed by atoms with E-state index in [1.165, 1.54) is 0 Å². The van der Waals surface area contributed by atoms with Gasteiger partial charge in [-0.3, -0.25) is 0 Å². The second kappa shape index (κ2) is 72.1. The Morgan fingerprint density at radius 1 is 0.200 bits per heavy atom. The van der Waals surface area contributed by atoms with Gasteiger partial charge in [-0.05, 0) is 0 Å². The van der Waals surface area contributed by atoms with Crippen molar-refractivity contribution in [3.63, 3.8) is 0 Å². The monoisotopic (exact) mass is 140 g/mol. The predicted molar refractivity (Wildman–Crippen MR) is 28.8 cm³/mol. The molecule has 0 spiro atoms. The molecule has 0 radical (unpaired) electrons. The third-order valence-electron chi connectivity index (χ3n) is 0. The first-order valence-electron chi connectivity index (χ1n) is 0. The van der Waals surface area contributed by atoms with Crippen LogP contribution in [0.1, 0.15) is 0 Å². The Kier molecular flexibility index (Phi) is 1930. The van der Waals surface area contributed by atoms with E-state index in [-0.39, 0.29) is 54.8 Å². The minimum absolute atomic E-state index is 0. The molecule has 0 amide bonds. The first kappa shape index (κ1) is 134. The number of hydrogen-bond donors (Lipinski definition) is 0. The van der Waals surface area contributed by atoms with E-state index in [1.807, 2.05) is 0 Å². The Morgan fingerprint density at radius 2 is 0.200 bits per heavy atom. The van der Waals surface area contributed by atoms with E-state index in [2.05, 4.69) is 0 Å². The quantitative estimate of drug-likeness (QED) is 0.345. The Morgan fingerprint density at radius 3 is 0.200 bits per heavy atom. The SMILES string of the molecule is [Si+4].[Si+4].[Si+4].[Si+4].[Si+4]. The van der Waals surface area contributed by atoms with E-state index in [9.17, 15) is 0 Å². The Labute approximate surface area is 55.2 Å². The van der Waals surface area contributed by atoms with Crippen molar-refractivity contribution in [2.45, 2.75) is 0 Å². The fourth-order valence-electron chi connectivity index (χ4n) is 0. The number of rotatable bonds is 0. The third-order valence-corrected chi connectivity index (χ3v) is 0. The van der Waals surface area contributed by atoms with Crippen LogP contribution in [0.25, 0.3) is 0 Å². The molecule has 0 heterocycles. The molecule has 0 bridgehead atoms. The third kappa shape index (κ3) is 41.1. The first-order valence-corrected chi connectivity index (χ1v) is 0. The molecule has 0 aliphatic heterocycles. The van der Waals surface area contributed by atoms with Gasteiger partial charge < -0.3 is 0 Å². The Bertz CT molecular complexity index is 0.